The van der Waals surface area contributed by atoms with Gasteiger partial charge >= 0.3 is 5.97 Å². The Morgan fingerprint density at radius 2 is 1.88 bits per heavy atom. The highest BCUT2D eigenvalue weighted by atomic mass is 35.5. The van der Waals surface area contributed by atoms with Gasteiger partial charge in [0.05, 0.1) is 12.6 Å². The van der Waals surface area contributed by atoms with E-state index in [1.54, 1.807) is 61.5 Å². The molecule has 2 N–H and O–H groups in total. The second kappa shape index (κ2) is 8.47. The summed E-state index contributed by atoms with van der Waals surface area (Å²) in [6, 6.07) is 14.1. The molecular weight excluding hydrogens is 330 g/mol. The second-order valence-electron chi connectivity index (χ2n) is 5.07. The maximum atomic E-state index is 12.4. The minimum atomic E-state index is -1.55. The van der Waals surface area contributed by atoms with Crippen LogP contribution in [0, 0.1) is 0 Å². The normalized spacial score (nSPS) is 13.0. The van der Waals surface area contributed by atoms with Crippen LogP contribution in [0.3, 0.4) is 0 Å². The lowest BCUT2D eigenvalue weighted by atomic mass is 10.0. The summed E-state index contributed by atoms with van der Waals surface area (Å²) in [5.41, 5.74) is 0.924. The van der Waals surface area contributed by atoms with Crippen LogP contribution >= 0.6 is 11.6 Å². The maximum absolute atomic E-state index is 12.4. The number of ether oxygens (including phenoxy) is 1. The summed E-state index contributed by atoms with van der Waals surface area (Å²) in [6.07, 6.45) is -1.55. The van der Waals surface area contributed by atoms with Gasteiger partial charge in [-0.15, -0.1) is 0 Å². The number of carbonyl (C=O) groups is 2. The maximum Gasteiger partial charge on any atom is 0.337 e. The van der Waals surface area contributed by atoms with E-state index in [-0.39, 0.29) is 6.61 Å². The zero-order valence-corrected chi connectivity index (χ0v) is 13.9. The van der Waals surface area contributed by atoms with E-state index in [9.17, 15) is 14.7 Å². The molecule has 1 amide bonds. The van der Waals surface area contributed by atoms with Crippen molar-refractivity contribution in [1.29, 1.82) is 0 Å². The van der Waals surface area contributed by atoms with Crippen LogP contribution < -0.4 is 5.32 Å². The second-order valence-corrected chi connectivity index (χ2v) is 5.51. The number of hydrogen-bond acceptors (Lipinski definition) is 4. The Bertz CT molecular complexity index is 705. The molecule has 0 heterocycles. The van der Waals surface area contributed by atoms with Crippen LogP contribution in [0.25, 0.3) is 0 Å². The van der Waals surface area contributed by atoms with Gasteiger partial charge in [-0.2, -0.15) is 0 Å². The Balaban J connectivity index is 2.29. The number of nitrogens with one attached hydrogen (secondary N) is 1. The Morgan fingerprint density at radius 1 is 1.17 bits per heavy atom. The first-order chi connectivity index (χ1) is 11.5. The molecule has 2 aromatic carbocycles. The highest BCUT2D eigenvalue weighted by Crippen LogP contribution is 2.22. The van der Waals surface area contributed by atoms with Crippen molar-refractivity contribution in [3.05, 3.63) is 70.7 Å². The van der Waals surface area contributed by atoms with Crippen molar-refractivity contribution < 1.29 is 19.4 Å². The number of rotatable bonds is 6. The van der Waals surface area contributed by atoms with Crippen molar-refractivity contribution in [2.45, 2.75) is 19.1 Å². The molecule has 0 saturated heterocycles. The van der Waals surface area contributed by atoms with Crippen LogP contribution in [0.2, 0.25) is 5.02 Å². The van der Waals surface area contributed by atoms with Crippen molar-refractivity contribution in [1.82, 2.24) is 5.32 Å². The van der Waals surface area contributed by atoms with Crippen molar-refractivity contribution in [2.75, 3.05) is 6.61 Å². The van der Waals surface area contributed by atoms with Gasteiger partial charge < -0.3 is 15.2 Å². The fraction of sp³-hybridized carbons (Fsp3) is 0.222. The standard InChI is InChI=1S/C18H18ClNO4/c1-2-24-18(23)16(21)15(13-9-6-10-14(19)11-13)20-17(22)12-7-4-3-5-8-12/h3-11,15-16,21H,2H2,1H3,(H,20,22)/t15-,16-/m0/s1. The van der Waals surface area contributed by atoms with Crippen LogP contribution in [0.1, 0.15) is 28.9 Å². The fourth-order valence-corrected chi connectivity index (χ4v) is 2.42. The molecule has 2 atom stereocenters. The molecule has 2 rings (SSSR count). The van der Waals surface area contributed by atoms with Crippen LogP contribution in [0.5, 0.6) is 0 Å². The van der Waals surface area contributed by atoms with Crippen molar-refractivity contribution in [3.8, 4) is 0 Å². The minimum Gasteiger partial charge on any atom is -0.464 e. The van der Waals surface area contributed by atoms with Crippen LogP contribution in [0.4, 0.5) is 0 Å². The zero-order valence-electron chi connectivity index (χ0n) is 13.1. The minimum absolute atomic E-state index is 0.130. The highest BCUT2D eigenvalue weighted by Gasteiger charge is 2.30. The molecule has 0 aliphatic carbocycles. The first kappa shape index (κ1) is 18.0. The fourth-order valence-electron chi connectivity index (χ4n) is 2.22. The van der Waals surface area contributed by atoms with Gasteiger partial charge in [0.2, 0.25) is 0 Å². The number of esters is 1. The molecule has 0 spiro atoms. The molecule has 0 radical (unpaired) electrons. The average molecular weight is 348 g/mol. The van der Waals surface area contributed by atoms with Crippen molar-refractivity contribution in [3.63, 3.8) is 0 Å². The zero-order chi connectivity index (χ0) is 17.5. The summed E-state index contributed by atoms with van der Waals surface area (Å²) >= 11 is 5.98. The summed E-state index contributed by atoms with van der Waals surface area (Å²) in [6.45, 7) is 1.77. The summed E-state index contributed by atoms with van der Waals surface area (Å²) in [7, 11) is 0. The Labute approximate surface area is 145 Å². The predicted molar refractivity (Wildman–Crippen MR) is 90.7 cm³/mol. The number of halogens is 1. The third-order valence-electron chi connectivity index (χ3n) is 3.37. The molecular formula is C18H18ClNO4. The lowest BCUT2D eigenvalue weighted by Crippen LogP contribution is -2.41. The van der Waals surface area contributed by atoms with E-state index in [0.717, 1.165) is 0 Å². The van der Waals surface area contributed by atoms with Gasteiger partial charge in [-0.05, 0) is 36.8 Å². The van der Waals surface area contributed by atoms with E-state index >= 15 is 0 Å². The smallest absolute Gasteiger partial charge is 0.337 e. The third kappa shape index (κ3) is 4.57. The predicted octanol–water partition coefficient (Wildman–Crippen LogP) is 2.74. The van der Waals surface area contributed by atoms with Crippen molar-refractivity contribution >= 4 is 23.5 Å². The van der Waals surface area contributed by atoms with E-state index in [0.29, 0.717) is 16.1 Å². The monoisotopic (exact) mass is 347 g/mol. The number of aliphatic hydroxyl groups excluding tert-OH is 1. The van der Waals surface area contributed by atoms with E-state index in [1.165, 1.54) is 0 Å². The third-order valence-corrected chi connectivity index (χ3v) is 3.61. The van der Waals surface area contributed by atoms with E-state index in [4.69, 9.17) is 16.3 Å². The van der Waals surface area contributed by atoms with Gasteiger partial charge in [0.15, 0.2) is 6.10 Å². The molecule has 0 aliphatic heterocycles. The lowest BCUT2D eigenvalue weighted by Gasteiger charge is -2.23. The molecule has 126 valence electrons. The lowest BCUT2D eigenvalue weighted by molar-refractivity contribution is -0.154. The summed E-state index contributed by atoms with van der Waals surface area (Å²) in [5, 5.41) is 13.4. The summed E-state index contributed by atoms with van der Waals surface area (Å²) in [5.74, 6) is -1.22. The number of hydrogen-bond donors (Lipinski definition) is 2. The van der Waals surface area contributed by atoms with Gasteiger partial charge in [-0.3, -0.25) is 4.79 Å². The molecule has 0 fully saturated rings. The van der Waals surface area contributed by atoms with Crippen LogP contribution in [-0.2, 0) is 9.53 Å². The first-order valence-electron chi connectivity index (χ1n) is 7.49. The van der Waals surface area contributed by atoms with Gasteiger partial charge in [-0.1, -0.05) is 41.9 Å². The number of carbonyl (C=O) groups excluding carboxylic acids is 2. The van der Waals surface area contributed by atoms with E-state index in [2.05, 4.69) is 5.32 Å². The van der Waals surface area contributed by atoms with E-state index < -0.39 is 24.0 Å². The molecule has 2 aromatic rings. The molecule has 24 heavy (non-hydrogen) atoms. The first-order valence-corrected chi connectivity index (χ1v) is 7.86. The van der Waals surface area contributed by atoms with Crippen LogP contribution in [-0.4, -0.2) is 29.7 Å². The van der Waals surface area contributed by atoms with Gasteiger partial charge in [-0.25, -0.2) is 4.79 Å². The number of amides is 1. The largest absolute Gasteiger partial charge is 0.464 e. The Kier molecular flexibility index (Phi) is 6.35. The Hall–Kier alpha value is -2.37. The molecule has 5 nitrogen and oxygen atoms in total. The Morgan fingerprint density at radius 3 is 2.50 bits per heavy atom. The molecule has 0 unspecified atom stereocenters. The summed E-state index contributed by atoms with van der Waals surface area (Å²) < 4.78 is 4.85. The number of aliphatic hydroxyl groups is 1. The quantitative estimate of drug-likeness (QED) is 0.788. The molecule has 0 aliphatic rings. The molecule has 6 heteroatoms. The van der Waals surface area contributed by atoms with Gasteiger partial charge in [0, 0.05) is 10.6 Å². The topological polar surface area (TPSA) is 75.6 Å². The molecule has 0 saturated carbocycles. The van der Waals surface area contributed by atoms with Gasteiger partial charge in [0.1, 0.15) is 0 Å². The summed E-state index contributed by atoms with van der Waals surface area (Å²) in [4.78, 5) is 24.3. The number of benzene rings is 2. The average Bonchev–Trinajstić information content (AvgIpc) is 2.60. The van der Waals surface area contributed by atoms with Crippen molar-refractivity contribution in [2.24, 2.45) is 0 Å². The molecule has 0 bridgehead atoms. The highest BCUT2D eigenvalue weighted by molar-refractivity contribution is 6.30. The molecule has 0 aromatic heterocycles. The SMILES string of the molecule is CCOC(=O)[C@@H](O)[C@@H](NC(=O)c1ccccc1)c1cccc(Cl)c1. The van der Waals surface area contributed by atoms with Gasteiger partial charge in [0.25, 0.3) is 5.91 Å². The van der Waals surface area contributed by atoms with E-state index in [1.807, 2.05) is 0 Å². The van der Waals surface area contributed by atoms with Crippen LogP contribution in [0.15, 0.2) is 54.6 Å².